The van der Waals surface area contributed by atoms with Gasteiger partial charge in [-0.1, -0.05) is 0 Å². The molecule has 11 heavy (non-hydrogen) atoms. The maximum absolute atomic E-state index is 11.8. The van der Waals surface area contributed by atoms with Gasteiger partial charge in [0.2, 0.25) is 11.7 Å². The Hall–Kier alpha value is -0.940. The number of hydrogen-bond acceptors (Lipinski definition) is 1. The van der Waals surface area contributed by atoms with Gasteiger partial charge >= 0.3 is 6.04 Å². The number of rotatable bonds is 2. The van der Waals surface area contributed by atoms with Gasteiger partial charge in [0.15, 0.2) is 0 Å². The minimum Gasteiger partial charge on any atom is -0.253 e. The molecule has 0 heterocycles. The van der Waals surface area contributed by atoms with E-state index in [1.807, 2.05) is 0 Å². The summed E-state index contributed by atoms with van der Waals surface area (Å²) in [6.45, 7) is 0.00481. The first kappa shape index (κ1) is 10.1. The Labute approximate surface area is 58.5 Å². The fourth-order valence-corrected chi connectivity index (χ4v) is 0.279. The summed E-state index contributed by atoms with van der Waals surface area (Å²) in [4.78, 5) is 9.36. The quantitative estimate of drug-likeness (QED) is 0.356. The summed E-state index contributed by atoms with van der Waals surface area (Å²) in [6, 6.07) is -2.84. The van der Waals surface area contributed by atoms with Crippen LogP contribution in [0.5, 0.6) is 0 Å². The third-order valence-electron chi connectivity index (χ3n) is 0.751. The number of carbonyl (C=O) groups is 1. The first-order valence-electron chi connectivity index (χ1n) is 2.40. The fraction of sp³-hybridized carbons (Fsp3) is 0.400. The van der Waals surface area contributed by atoms with Crippen LogP contribution < -0.4 is 0 Å². The molecule has 0 aliphatic heterocycles. The highest BCUT2D eigenvalue weighted by Gasteiger charge is 2.34. The lowest BCUT2D eigenvalue weighted by Gasteiger charge is -2.05. The zero-order chi connectivity index (χ0) is 9.23. The number of carbonyl (C=O) groups excluding carboxylic acids is 1. The molecule has 0 aromatic carbocycles. The fourth-order valence-electron chi connectivity index (χ4n) is 0.279. The molecule has 0 saturated carbocycles. The molecule has 0 aromatic heterocycles. The Bertz CT molecular complexity index is 201. The van der Waals surface area contributed by atoms with Crippen LogP contribution in [0.3, 0.4) is 0 Å². The zero-order valence-electron chi connectivity index (χ0n) is 5.30. The molecule has 64 valence electrons. The molecule has 0 unspecified atom stereocenters. The van der Waals surface area contributed by atoms with Gasteiger partial charge in [-0.15, -0.1) is 0 Å². The molecule has 1 nitrogen and oxygen atoms in total. The Kier molecular flexibility index (Phi) is 2.72. The van der Waals surface area contributed by atoms with E-state index >= 15 is 0 Å². The molecular weight excluding hydrogens is 171 g/mol. The zero-order valence-corrected chi connectivity index (χ0v) is 5.30. The summed E-state index contributed by atoms with van der Waals surface area (Å²) in [5, 5.41) is 0. The van der Waals surface area contributed by atoms with Crippen LogP contribution in [-0.4, -0.2) is 12.0 Å². The highest BCUT2D eigenvalue weighted by Crippen LogP contribution is 2.28. The van der Waals surface area contributed by atoms with Crippen molar-refractivity contribution < 1.29 is 26.7 Å². The van der Waals surface area contributed by atoms with E-state index in [4.69, 9.17) is 0 Å². The van der Waals surface area contributed by atoms with Crippen LogP contribution in [0.25, 0.3) is 0 Å². The number of alkyl halides is 2. The molecule has 0 aromatic rings. The maximum atomic E-state index is 11.8. The van der Waals surface area contributed by atoms with Crippen molar-refractivity contribution in [3.8, 4) is 0 Å². The highest BCUT2D eigenvalue weighted by atomic mass is 19.3. The van der Waals surface area contributed by atoms with E-state index in [0.717, 1.165) is 0 Å². The largest absolute Gasteiger partial charge is 0.363 e. The average molecular weight is 174 g/mol. The van der Waals surface area contributed by atoms with E-state index in [9.17, 15) is 26.7 Å². The molecule has 0 spiro atoms. The molecular formula is C5H3F5O. The average Bonchev–Trinajstić information content (AvgIpc) is 1.82. The second-order valence-electron chi connectivity index (χ2n) is 1.79. The minimum absolute atomic E-state index is 0.00481. The van der Waals surface area contributed by atoms with E-state index in [0.29, 0.717) is 0 Å². The molecule has 0 amide bonds. The summed E-state index contributed by atoms with van der Waals surface area (Å²) in [7, 11) is 0. The van der Waals surface area contributed by atoms with Crippen molar-refractivity contribution in [2.75, 3.05) is 0 Å². The predicted molar refractivity (Wildman–Crippen MR) is 26.0 cm³/mol. The van der Waals surface area contributed by atoms with Crippen molar-refractivity contribution in [2.24, 2.45) is 0 Å². The second-order valence-corrected chi connectivity index (χ2v) is 1.79. The highest BCUT2D eigenvalue weighted by molar-refractivity contribution is 5.85. The van der Waals surface area contributed by atoms with Crippen LogP contribution in [0.2, 0.25) is 0 Å². The van der Waals surface area contributed by atoms with Crippen molar-refractivity contribution in [1.29, 1.82) is 0 Å². The Morgan fingerprint density at radius 1 is 1.18 bits per heavy atom. The molecule has 6 heteroatoms. The van der Waals surface area contributed by atoms with Gasteiger partial charge in [0, 0.05) is 6.92 Å². The molecule has 0 rings (SSSR count). The van der Waals surface area contributed by atoms with Gasteiger partial charge in [0.1, 0.15) is 0 Å². The van der Waals surface area contributed by atoms with Gasteiger partial charge in [-0.25, -0.2) is 4.39 Å². The van der Waals surface area contributed by atoms with Crippen molar-refractivity contribution >= 4 is 6.04 Å². The normalized spacial score (nSPS) is 14.4. The number of hydrogen-bond donors (Lipinski definition) is 0. The van der Waals surface area contributed by atoms with Crippen LogP contribution in [0.15, 0.2) is 11.7 Å². The van der Waals surface area contributed by atoms with Gasteiger partial charge < -0.3 is 0 Å². The van der Waals surface area contributed by atoms with Gasteiger partial charge in [-0.2, -0.15) is 17.6 Å². The molecule has 0 saturated heterocycles. The molecule has 0 aliphatic rings. The van der Waals surface area contributed by atoms with E-state index in [1.165, 1.54) is 0 Å². The monoisotopic (exact) mass is 174 g/mol. The van der Waals surface area contributed by atoms with Crippen LogP contribution in [0.4, 0.5) is 22.0 Å². The summed E-state index contributed by atoms with van der Waals surface area (Å²) < 4.78 is 58.3. The molecule has 0 aliphatic carbocycles. The smallest absolute Gasteiger partial charge is 0.253 e. The van der Waals surface area contributed by atoms with E-state index in [1.54, 1.807) is 0 Å². The van der Waals surface area contributed by atoms with Gasteiger partial charge in [-0.3, -0.25) is 4.79 Å². The van der Waals surface area contributed by atoms with E-state index in [2.05, 4.69) is 0 Å². The lowest BCUT2D eigenvalue weighted by molar-refractivity contribution is -0.127. The lowest BCUT2D eigenvalue weighted by Crippen LogP contribution is -2.13. The van der Waals surface area contributed by atoms with Crippen molar-refractivity contribution in [2.45, 2.75) is 12.8 Å². The molecule has 0 fully saturated rings. The van der Waals surface area contributed by atoms with Crippen molar-refractivity contribution in [3.05, 3.63) is 11.7 Å². The summed E-state index contributed by atoms with van der Waals surface area (Å²) in [6.07, 6.45) is 0. The van der Waals surface area contributed by atoms with Crippen LogP contribution in [0.1, 0.15) is 6.92 Å². The molecule has 0 radical (unpaired) electrons. The van der Waals surface area contributed by atoms with Crippen molar-refractivity contribution in [1.82, 2.24) is 0 Å². The molecule has 0 N–H and O–H groups in total. The van der Waals surface area contributed by atoms with Crippen LogP contribution in [0, 0.1) is 0 Å². The van der Waals surface area contributed by atoms with Crippen LogP contribution >= 0.6 is 0 Å². The molecule has 0 atom stereocenters. The summed E-state index contributed by atoms with van der Waals surface area (Å²) >= 11 is 0. The summed E-state index contributed by atoms with van der Waals surface area (Å²) in [5.74, 6) is -9.53. The van der Waals surface area contributed by atoms with Crippen LogP contribution in [-0.2, 0) is 4.79 Å². The Balaban J connectivity index is 4.82. The number of allylic oxidation sites excluding steroid dienone is 2. The lowest BCUT2D eigenvalue weighted by atomic mass is 10.3. The maximum Gasteiger partial charge on any atom is 0.363 e. The first-order valence-corrected chi connectivity index (χ1v) is 2.40. The summed E-state index contributed by atoms with van der Waals surface area (Å²) in [5.41, 5.74) is 0. The Morgan fingerprint density at radius 3 is 1.64 bits per heavy atom. The predicted octanol–water partition coefficient (Wildman–Crippen LogP) is 2.29. The van der Waals surface area contributed by atoms with Gasteiger partial charge in [-0.05, 0) is 0 Å². The Morgan fingerprint density at radius 2 is 1.55 bits per heavy atom. The number of halogens is 5. The van der Waals surface area contributed by atoms with E-state index in [-0.39, 0.29) is 6.92 Å². The topological polar surface area (TPSA) is 17.1 Å². The van der Waals surface area contributed by atoms with Crippen molar-refractivity contribution in [3.63, 3.8) is 0 Å². The SMILES string of the molecule is CC(F)(F)C(F)=C(F)C(=O)F. The minimum atomic E-state index is -4.16. The molecule has 0 bridgehead atoms. The first-order chi connectivity index (χ1) is 4.76. The standard InChI is InChI=1S/C5H3F5O/c1-5(9,10)3(7)2(6)4(8)11/h1H3. The third kappa shape index (κ3) is 2.65. The third-order valence-corrected chi connectivity index (χ3v) is 0.751. The van der Waals surface area contributed by atoms with Gasteiger partial charge in [0.05, 0.1) is 0 Å². The van der Waals surface area contributed by atoms with Gasteiger partial charge in [0.25, 0.3) is 5.92 Å². The van der Waals surface area contributed by atoms with E-state index < -0.39 is 23.6 Å². The second kappa shape index (κ2) is 2.98.